The molecule has 1 saturated heterocycles. The van der Waals surface area contributed by atoms with Gasteiger partial charge in [0.05, 0.1) is 18.0 Å². The first-order valence-corrected chi connectivity index (χ1v) is 5.88. The Kier molecular flexibility index (Phi) is 3.34. The third-order valence-corrected chi connectivity index (χ3v) is 3.35. The molecule has 3 N–H and O–H groups in total. The molecule has 2 atom stereocenters. The summed E-state index contributed by atoms with van der Waals surface area (Å²) < 4.78 is 5.41. The van der Waals surface area contributed by atoms with Crippen molar-refractivity contribution in [3.63, 3.8) is 0 Å². The lowest BCUT2D eigenvalue weighted by Crippen LogP contribution is -2.26. The lowest BCUT2D eigenvalue weighted by molar-refractivity contribution is 0.183. The summed E-state index contributed by atoms with van der Waals surface area (Å²) in [6, 6.07) is 6.41. The van der Waals surface area contributed by atoms with Gasteiger partial charge in [-0.25, -0.2) is 0 Å². The van der Waals surface area contributed by atoms with Crippen molar-refractivity contribution in [2.24, 2.45) is 5.92 Å². The van der Waals surface area contributed by atoms with Crippen molar-refractivity contribution in [2.75, 3.05) is 24.3 Å². The normalized spacial score (nSPS) is 22.0. The molecule has 0 spiro atoms. The zero-order valence-corrected chi connectivity index (χ0v) is 9.99. The molecule has 16 heavy (non-hydrogen) atoms. The molecular formula is C13H20N2O. The Morgan fingerprint density at radius 3 is 2.94 bits per heavy atom. The highest BCUT2D eigenvalue weighted by molar-refractivity contribution is 5.70. The van der Waals surface area contributed by atoms with E-state index >= 15 is 0 Å². The summed E-state index contributed by atoms with van der Waals surface area (Å²) in [4.78, 5) is 0. The van der Waals surface area contributed by atoms with Crippen molar-refractivity contribution in [2.45, 2.75) is 26.3 Å². The van der Waals surface area contributed by atoms with Crippen LogP contribution >= 0.6 is 0 Å². The van der Waals surface area contributed by atoms with E-state index in [4.69, 9.17) is 10.5 Å². The smallest absolute Gasteiger partial charge is 0.0605 e. The number of nitrogens with two attached hydrogens (primary N) is 1. The molecule has 1 aromatic rings. The average molecular weight is 220 g/mol. The van der Waals surface area contributed by atoms with Crippen LogP contribution in [0.1, 0.15) is 18.9 Å². The van der Waals surface area contributed by atoms with Gasteiger partial charge in [-0.15, -0.1) is 0 Å². The van der Waals surface area contributed by atoms with Crippen LogP contribution in [0.5, 0.6) is 0 Å². The van der Waals surface area contributed by atoms with Gasteiger partial charge in [-0.1, -0.05) is 12.1 Å². The van der Waals surface area contributed by atoms with Gasteiger partial charge in [0.1, 0.15) is 0 Å². The van der Waals surface area contributed by atoms with Gasteiger partial charge in [0, 0.05) is 18.6 Å². The SMILES string of the molecule is Cc1cccc(N)c1NC(C)C1CCOC1. The fraction of sp³-hybridized carbons (Fsp3) is 0.538. The summed E-state index contributed by atoms with van der Waals surface area (Å²) in [7, 11) is 0. The second-order valence-corrected chi connectivity index (χ2v) is 4.60. The van der Waals surface area contributed by atoms with E-state index in [9.17, 15) is 0 Å². The molecule has 0 aromatic heterocycles. The molecule has 0 saturated carbocycles. The Hall–Kier alpha value is -1.22. The second-order valence-electron chi connectivity index (χ2n) is 4.60. The van der Waals surface area contributed by atoms with E-state index in [2.05, 4.69) is 25.2 Å². The fourth-order valence-electron chi connectivity index (χ4n) is 2.18. The van der Waals surface area contributed by atoms with Gasteiger partial charge < -0.3 is 15.8 Å². The standard InChI is InChI=1S/C13H20N2O/c1-9-4-3-5-12(14)13(9)15-10(2)11-6-7-16-8-11/h3-5,10-11,15H,6-8,14H2,1-2H3. The van der Waals surface area contributed by atoms with E-state index in [-0.39, 0.29) is 0 Å². The summed E-state index contributed by atoms with van der Waals surface area (Å²) in [5, 5.41) is 3.52. The highest BCUT2D eigenvalue weighted by atomic mass is 16.5. The molecule has 88 valence electrons. The molecule has 3 heteroatoms. The Bertz CT molecular complexity index is 339. The summed E-state index contributed by atoms with van der Waals surface area (Å²) >= 11 is 0. The molecule has 2 unspecified atom stereocenters. The largest absolute Gasteiger partial charge is 0.397 e. The molecule has 0 aliphatic carbocycles. The Morgan fingerprint density at radius 2 is 2.31 bits per heavy atom. The van der Waals surface area contributed by atoms with E-state index in [1.54, 1.807) is 0 Å². The van der Waals surface area contributed by atoms with Crippen LogP contribution in [0.2, 0.25) is 0 Å². The molecule has 0 bridgehead atoms. The highest BCUT2D eigenvalue weighted by Crippen LogP contribution is 2.26. The maximum Gasteiger partial charge on any atom is 0.0605 e. The van der Waals surface area contributed by atoms with Crippen LogP contribution in [-0.4, -0.2) is 19.3 Å². The first kappa shape index (κ1) is 11.3. The Balaban J connectivity index is 2.07. The van der Waals surface area contributed by atoms with Crippen LogP contribution in [0.25, 0.3) is 0 Å². The maximum atomic E-state index is 5.97. The van der Waals surface area contributed by atoms with Crippen molar-refractivity contribution < 1.29 is 4.74 Å². The van der Waals surface area contributed by atoms with Crippen molar-refractivity contribution in [1.82, 2.24) is 0 Å². The molecule has 2 rings (SSSR count). The number of hydrogen-bond acceptors (Lipinski definition) is 3. The lowest BCUT2D eigenvalue weighted by atomic mass is 10.00. The van der Waals surface area contributed by atoms with Crippen LogP contribution in [0.15, 0.2) is 18.2 Å². The molecule has 1 aliphatic rings. The molecule has 3 nitrogen and oxygen atoms in total. The minimum atomic E-state index is 0.408. The first-order chi connectivity index (χ1) is 7.68. The Morgan fingerprint density at radius 1 is 1.50 bits per heavy atom. The summed E-state index contributed by atoms with van der Waals surface area (Å²) in [5.41, 5.74) is 9.07. The molecule has 1 heterocycles. The van der Waals surface area contributed by atoms with E-state index in [0.717, 1.165) is 31.0 Å². The van der Waals surface area contributed by atoms with E-state index in [0.29, 0.717) is 12.0 Å². The monoisotopic (exact) mass is 220 g/mol. The number of rotatable bonds is 3. The number of ether oxygens (including phenoxy) is 1. The second kappa shape index (κ2) is 4.74. The van der Waals surface area contributed by atoms with Crippen LogP contribution in [0.4, 0.5) is 11.4 Å². The molecular weight excluding hydrogens is 200 g/mol. The van der Waals surface area contributed by atoms with Crippen molar-refractivity contribution in [1.29, 1.82) is 0 Å². The predicted octanol–water partition coefficient (Wildman–Crippen LogP) is 2.41. The highest BCUT2D eigenvalue weighted by Gasteiger charge is 2.22. The van der Waals surface area contributed by atoms with Crippen molar-refractivity contribution in [3.8, 4) is 0 Å². The molecule has 1 aliphatic heterocycles. The first-order valence-electron chi connectivity index (χ1n) is 5.88. The van der Waals surface area contributed by atoms with Crippen molar-refractivity contribution in [3.05, 3.63) is 23.8 Å². The number of para-hydroxylation sites is 1. The van der Waals surface area contributed by atoms with Crippen LogP contribution in [-0.2, 0) is 4.74 Å². The van der Waals surface area contributed by atoms with Crippen LogP contribution < -0.4 is 11.1 Å². The zero-order valence-electron chi connectivity index (χ0n) is 9.99. The molecule has 1 fully saturated rings. The fourth-order valence-corrected chi connectivity index (χ4v) is 2.18. The number of aryl methyl sites for hydroxylation is 1. The number of benzene rings is 1. The van der Waals surface area contributed by atoms with Gasteiger partial charge in [-0.05, 0) is 31.9 Å². The number of anilines is 2. The number of nitrogen functional groups attached to an aromatic ring is 1. The lowest BCUT2D eigenvalue weighted by Gasteiger charge is -2.22. The van der Waals surface area contributed by atoms with Gasteiger partial charge in [0.15, 0.2) is 0 Å². The average Bonchev–Trinajstić information content (AvgIpc) is 2.76. The number of nitrogens with one attached hydrogen (secondary N) is 1. The predicted molar refractivity (Wildman–Crippen MR) is 67.6 cm³/mol. The zero-order chi connectivity index (χ0) is 11.5. The summed E-state index contributed by atoms with van der Waals surface area (Å²) in [6.45, 7) is 6.03. The van der Waals surface area contributed by atoms with Gasteiger partial charge in [0.2, 0.25) is 0 Å². The van der Waals surface area contributed by atoms with Gasteiger partial charge >= 0.3 is 0 Å². The minimum absolute atomic E-state index is 0.408. The molecule has 0 amide bonds. The van der Waals surface area contributed by atoms with Crippen LogP contribution in [0, 0.1) is 12.8 Å². The summed E-state index contributed by atoms with van der Waals surface area (Å²) in [5.74, 6) is 0.596. The van der Waals surface area contributed by atoms with E-state index in [1.165, 1.54) is 5.56 Å². The summed E-state index contributed by atoms with van der Waals surface area (Å²) in [6.07, 6.45) is 1.14. The van der Waals surface area contributed by atoms with E-state index in [1.807, 2.05) is 12.1 Å². The topological polar surface area (TPSA) is 47.3 Å². The third-order valence-electron chi connectivity index (χ3n) is 3.35. The van der Waals surface area contributed by atoms with Crippen LogP contribution in [0.3, 0.4) is 0 Å². The number of hydrogen-bond donors (Lipinski definition) is 2. The third kappa shape index (κ3) is 2.30. The Labute approximate surface area is 97.0 Å². The van der Waals surface area contributed by atoms with Gasteiger partial charge in [0.25, 0.3) is 0 Å². The van der Waals surface area contributed by atoms with E-state index < -0.39 is 0 Å². The quantitative estimate of drug-likeness (QED) is 0.769. The maximum absolute atomic E-state index is 5.97. The van der Waals surface area contributed by atoms with Crippen molar-refractivity contribution >= 4 is 11.4 Å². The van der Waals surface area contributed by atoms with Gasteiger partial charge in [-0.3, -0.25) is 0 Å². The molecule has 1 aromatic carbocycles. The molecule has 0 radical (unpaired) electrons. The van der Waals surface area contributed by atoms with Gasteiger partial charge in [-0.2, -0.15) is 0 Å². The minimum Gasteiger partial charge on any atom is -0.397 e.